The number of likely N-dealkylation sites (tertiary alicyclic amines) is 1. The summed E-state index contributed by atoms with van der Waals surface area (Å²) in [5, 5.41) is 21.9. The molecule has 1 aliphatic rings. The van der Waals surface area contributed by atoms with Gasteiger partial charge >= 0.3 is 0 Å². The average Bonchev–Trinajstić information content (AvgIpc) is 3.04. The zero-order chi connectivity index (χ0) is 22.5. The predicted octanol–water partition coefficient (Wildman–Crippen LogP) is 4.77. The van der Waals surface area contributed by atoms with Gasteiger partial charge in [-0.15, -0.1) is 0 Å². The standard InChI is InChI=1S/C24H26N2O5/c1-3-5-6-15-25-21(17-9-7-16(4-2)8-10-17)20(23(28)24(25)29)22(27)18-11-13-19(14-12-18)26(30)31/h7-14,21,27H,3-6,15H2,1-2H3/b22-20-. The Morgan fingerprint density at radius 1 is 1.03 bits per heavy atom. The molecule has 0 spiro atoms. The molecule has 1 fully saturated rings. The van der Waals surface area contributed by atoms with E-state index in [4.69, 9.17) is 0 Å². The van der Waals surface area contributed by atoms with Gasteiger partial charge in [0.25, 0.3) is 17.4 Å². The van der Waals surface area contributed by atoms with Crippen molar-refractivity contribution in [2.75, 3.05) is 6.54 Å². The second kappa shape index (κ2) is 9.55. The van der Waals surface area contributed by atoms with Crippen LogP contribution >= 0.6 is 0 Å². The Bertz CT molecular complexity index is 1010. The number of amides is 1. The highest BCUT2D eigenvalue weighted by molar-refractivity contribution is 6.46. The van der Waals surface area contributed by atoms with E-state index in [2.05, 4.69) is 6.92 Å². The second-order valence-electron chi connectivity index (χ2n) is 7.60. The third-order valence-electron chi connectivity index (χ3n) is 5.60. The van der Waals surface area contributed by atoms with E-state index in [0.29, 0.717) is 6.54 Å². The van der Waals surface area contributed by atoms with Crippen molar-refractivity contribution >= 4 is 23.1 Å². The van der Waals surface area contributed by atoms with Gasteiger partial charge in [-0.3, -0.25) is 19.7 Å². The molecule has 2 aromatic rings. The highest BCUT2D eigenvalue weighted by Gasteiger charge is 2.45. The summed E-state index contributed by atoms with van der Waals surface area (Å²) in [5.41, 5.74) is 2.02. The minimum atomic E-state index is -0.739. The van der Waals surface area contributed by atoms with Crippen LogP contribution in [-0.2, 0) is 16.0 Å². The Morgan fingerprint density at radius 3 is 2.23 bits per heavy atom. The highest BCUT2D eigenvalue weighted by Crippen LogP contribution is 2.39. The third-order valence-corrected chi connectivity index (χ3v) is 5.60. The molecule has 1 N–H and O–H groups in total. The summed E-state index contributed by atoms with van der Waals surface area (Å²) in [5.74, 6) is -1.70. The molecule has 2 aromatic carbocycles. The quantitative estimate of drug-likeness (QED) is 0.165. The van der Waals surface area contributed by atoms with Gasteiger partial charge in [-0.05, 0) is 36.1 Å². The molecule has 1 atom stereocenters. The molecule has 0 saturated carbocycles. The number of rotatable bonds is 8. The lowest BCUT2D eigenvalue weighted by Gasteiger charge is -2.25. The summed E-state index contributed by atoms with van der Waals surface area (Å²) < 4.78 is 0. The first-order valence-electron chi connectivity index (χ1n) is 10.5. The minimum Gasteiger partial charge on any atom is -0.507 e. The Morgan fingerprint density at radius 2 is 1.68 bits per heavy atom. The Balaban J connectivity index is 2.09. The van der Waals surface area contributed by atoms with Gasteiger partial charge in [-0.2, -0.15) is 0 Å². The van der Waals surface area contributed by atoms with Crippen LogP contribution in [0, 0.1) is 10.1 Å². The van der Waals surface area contributed by atoms with Gasteiger partial charge in [0.05, 0.1) is 16.5 Å². The van der Waals surface area contributed by atoms with Gasteiger partial charge in [-0.1, -0.05) is 51.0 Å². The van der Waals surface area contributed by atoms with Gasteiger partial charge in [0.2, 0.25) is 0 Å². The molecule has 1 unspecified atom stereocenters. The van der Waals surface area contributed by atoms with Crippen molar-refractivity contribution < 1.29 is 19.6 Å². The molecule has 7 nitrogen and oxygen atoms in total. The number of hydrogen-bond donors (Lipinski definition) is 1. The monoisotopic (exact) mass is 422 g/mol. The summed E-state index contributed by atoms with van der Waals surface area (Å²) in [6, 6.07) is 12.3. The molecule has 3 rings (SSSR count). The van der Waals surface area contributed by atoms with Crippen LogP contribution in [0.25, 0.3) is 5.76 Å². The number of nitro benzene ring substituents is 1. The molecular weight excluding hydrogens is 396 g/mol. The zero-order valence-corrected chi connectivity index (χ0v) is 17.7. The number of hydrogen-bond acceptors (Lipinski definition) is 5. The third kappa shape index (κ3) is 4.50. The lowest BCUT2D eigenvalue weighted by molar-refractivity contribution is -0.384. The van der Waals surface area contributed by atoms with Gasteiger partial charge < -0.3 is 10.0 Å². The van der Waals surface area contributed by atoms with Crippen molar-refractivity contribution in [3.8, 4) is 0 Å². The number of Topliss-reactive ketones (excluding diaryl/α,β-unsaturated/α-hetero) is 1. The molecule has 31 heavy (non-hydrogen) atoms. The fraction of sp³-hybridized carbons (Fsp3) is 0.333. The van der Waals surface area contributed by atoms with Crippen LogP contribution < -0.4 is 0 Å². The number of aryl methyl sites for hydroxylation is 1. The first-order chi connectivity index (χ1) is 14.9. The molecule has 0 bridgehead atoms. The summed E-state index contributed by atoms with van der Waals surface area (Å²) >= 11 is 0. The van der Waals surface area contributed by atoms with E-state index in [1.165, 1.54) is 29.2 Å². The fourth-order valence-electron chi connectivity index (χ4n) is 3.82. The molecule has 162 valence electrons. The Kier molecular flexibility index (Phi) is 6.84. The van der Waals surface area contributed by atoms with E-state index in [1.54, 1.807) is 0 Å². The zero-order valence-electron chi connectivity index (χ0n) is 17.7. The number of nitrogens with zero attached hydrogens (tertiary/aromatic N) is 2. The summed E-state index contributed by atoms with van der Waals surface area (Å²) in [4.78, 5) is 37.7. The van der Waals surface area contributed by atoms with E-state index in [1.807, 2.05) is 31.2 Å². The van der Waals surface area contributed by atoms with E-state index < -0.39 is 22.7 Å². The maximum Gasteiger partial charge on any atom is 0.295 e. The second-order valence-corrected chi connectivity index (χ2v) is 7.60. The number of ketones is 1. The Hall–Kier alpha value is -3.48. The van der Waals surface area contributed by atoms with E-state index in [0.717, 1.165) is 36.8 Å². The molecule has 1 heterocycles. The number of unbranched alkanes of at least 4 members (excludes halogenated alkanes) is 2. The molecular formula is C24H26N2O5. The van der Waals surface area contributed by atoms with Crippen LogP contribution in [0.1, 0.15) is 55.8 Å². The van der Waals surface area contributed by atoms with Crippen LogP contribution in [0.3, 0.4) is 0 Å². The first-order valence-corrected chi connectivity index (χ1v) is 10.5. The van der Waals surface area contributed by atoms with E-state index >= 15 is 0 Å². The number of carbonyl (C=O) groups excluding carboxylic acids is 2. The fourth-order valence-corrected chi connectivity index (χ4v) is 3.82. The summed E-state index contributed by atoms with van der Waals surface area (Å²) in [6.45, 7) is 4.51. The maximum atomic E-state index is 12.9. The number of aliphatic hydroxyl groups excluding tert-OH is 1. The van der Waals surface area contributed by atoms with Crippen molar-refractivity contribution in [2.24, 2.45) is 0 Å². The molecule has 0 radical (unpaired) electrons. The lowest BCUT2D eigenvalue weighted by atomic mass is 9.94. The normalized spacial score (nSPS) is 17.9. The number of nitro groups is 1. The van der Waals surface area contributed by atoms with Gasteiger partial charge in [0, 0.05) is 24.2 Å². The van der Waals surface area contributed by atoms with Crippen molar-refractivity contribution in [3.63, 3.8) is 0 Å². The lowest BCUT2D eigenvalue weighted by Crippen LogP contribution is -2.30. The Labute approximate surface area is 181 Å². The number of non-ortho nitro benzene ring substituents is 1. The molecule has 0 aliphatic carbocycles. The van der Waals surface area contributed by atoms with E-state index in [-0.39, 0.29) is 22.6 Å². The largest absolute Gasteiger partial charge is 0.507 e. The van der Waals surface area contributed by atoms with Gasteiger partial charge in [0.1, 0.15) is 5.76 Å². The van der Waals surface area contributed by atoms with Crippen LogP contribution in [0.15, 0.2) is 54.1 Å². The topological polar surface area (TPSA) is 101 Å². The van der Waals surface area contributed by atoms with Gasteiger partial charge in [-0.25, -0.2) is 0 Å². The smallest absolute Gasteiger partial charge is 0.295 e. The van der Waals surface area contributed by atoms with Crippen molar-refractivity contribution in [2.45, 2.75) is 45.6 Å². The number of carbonyl (C=O) groups is 2. The molecule has 7 heteroatoms. The summed E-state index contributed by atoms with van der Waals surface area (Å²) in [7, 11) is 0. The number of aliphatic hydroxyl groups is 1. The van der Waals surface area contributed by atoms with E-state index in [9.17, 15) is 24.8 Å². The van der Waals surface area contributed by atoms with Crippen LogP contribution in [0.4, 0.5) is 5.69 Å². The minimum absolute atomic E-state index is 0.0135. The van der Waals surface area contributed by atoms with Crippen molar-refractivity contribution in [3.05, 3.63) is 80.9 Å². The van der Waals surface area contributed by atoms with Crippen LogP contribution in [0.5, 0.6) is 0 Å². The van der Waals surface area contributed by atoms with Crippen LogP contribution in [-0.4, -0.2) is 33.2 Å². The highest BCUT2D eigenvalue weighted by atomic mass is 16.6. The molecule has 1 saturated heterocycles. The maximum absolute atomic E-state index is 12.9. The molecule has 1 aliphatic heterocycles. The average molecular weight is 422 g/mol. The molecule has 0 aromatic heterocycles. The predicted molar refractivity (Wildman–Crippen MR) is 117 cm³/mol. The first kappa shape index (κ1) is 22.2. The van der Waals surface area contributed by atoms with Crippen molar-refractivity contribution in [1.82, 2.24) is 4.90 Å². The van der Waals surface area contributed by atoms with Gasteiger partial charge in [0.15, 0.2) is 0 Å². The summed E-state index contributed by atoms with van der Waals surface area (Å²) in [6.07, 6.45) is 3.51. The van der Waals surface area contributed by atoms with Crippen LogP contribution in [0.2, 0.25) is 0 Å². The number of benzene rings is 2. The molecule has 1 amide bonds. The van der Waals surface area contributed by atoms with Crippen molar-refractivity contribution in [1.29, 1.82) is 0 Å². The SMILES string of the molecule is CCCCCN1C(=O)C(=O)/C(=C(\O)c2ccc([N+](=O)[O-])cc2)C1c1ccc(CC)cc1.